The molecule has 4 nitrogen and oxygen atoms in total. The minimum atomic E-state index is -1.11. The van der Waals surface area contributed by atoms with Crippen LogP contribution in [0, 0.1) is 11.3 Å². The van der Waals surface area contributed by atoms with E-state index in [9.17, 15) is 9.59 Å². The van der Waals surface area contributed by atoms with Gasteiger partial charge in [-0.2, -0.15) is 5.26 Å². The number of hydrogen-bond donors (Lipinski definition) is 1. The lowest BCUT2D eigenvalue weighted by atomic mass is 9.96. The SMILES string of the molecule is N#CC(C(=O)C(=O)Nc1ccc(Cl)cc1)c1ccccc1. The number of ketones is 1. The molecule has 0 aromatic heterocycles. The molecule has 1 N–H and O–H groups in total. The van der Waals surface area contributed by atoms with Gasteiger partial charge in [-0.3, -0.25) is 9.59 Å². The van der Waals surface area contributed by atoms with E-state index in [1.807, 2.05) is 6.07 Å². The summed E-state index contributed by atoms with van der Waals surface area (Å²) in [5.74, 6) is -2.73. The van der Waals surface area contributed by atoms with Crippen molar-refractivity contribution in [3.8, 4) is 6.07 Å². The maximum absolute atomic E-state index is 12.1. The van der Waals surface area contributed by atoms with E-state index in [1.54, 1.807) is 54.6 Å². The summed E-state index contributed by atoms with van der Waals surface area (Å²) in [5.41, 5.74) is 0.943. The van der Waals surface area contributed by atoms with Crippen LogP contribution in [0.1, 0.15) is 11.5 Å². The molecular weight excluding hydrogens is 288 g/mol. The monoisotopic (exact) mass is 298 g/mol. The minimum absolute atomic E-state index is 0.447. The van der Waals surface area contributed by atoms with E-state index in [0.717, 1.165) is 0 Å². The highest BCUT2D eigenvalue weighted by Gasteiger charge is 2.26. The van der Waals surface area contributed by atoms with Crippen LogP contribution in [0.2, 0.25) is 5.02 Å². The smallest absolute Gasteiger partial charge is 0.293 e. The van der Waals surface area contributed by atoms with Crippen LogP contribution in [0.5, 0.6) is 0 Å². The Morgan fingerprint density at radius 2 is 1.67 bits per heavy atom. The van der Waals surface area contributed by atoms with E-state index in [0.29, 0.717) is 16.3 Å². The Hall–Kier alpha value is -2.64. The first-order valence-corrected chi connectivity index (χ1v) is 6.55. The second-order valence-electron chi connectivity index (χ2n) is 4.30. The van der Waals surface area contributed by atoms with Crippen LogP contribution in [0.3, 0.4) is 0 Å². The predicted octanol–water partition coefficient (Wildman–Crippen LogP) is 3.15. The summed E-state index contributed by atoms with van der Waals surface area (Å²) in [6.45, 7) is 0. The quantitative estimate of drug-likeness (QED) is 0.881. The van der Waals surface area contributed by atoms with Gasteiger partial charge < -0.3 is 5.32 Å². The molecule has 0 aliphatic rings. The number of carbonyl (C=O) groups is 2. The van der Waals surface area contributed by atoms with Crippen molar-refractivity contribution >= 4 is 29.0 Å². The lowest BCUT2D eigenvalue weighted by Crippen LogP contribution is -2.27. The second-order valence-corrected chi connectivity index (χ2v) is 4.73. The summed E-state index contributed by atoms with van der Waals surface area (Å²) in [5, 5.41) is 12.1. The summed E-state index contributed by atoms with van der Waals surface area (Å²) in [7, 11) is 0. The van der Waals surface area contributed by atoms with E-state index in [-0.39, 0.29) is 0 Å². The van der Waals surface area contributed by atoms with Gasteiger partial charge in [0, 0.05) is 10.7 Å². The van der Waals surface area contributed by atoms with Crippen LogP contribution in [0.4, 0.5) is 5.69 Å². The lowest BCUT2D eigenvalue weighted by Gasteiger charge is -2.09. The fourth-order valence-corrected chi connectivity index (χ4v) is 1.91. The van der Waals surface area contributed by atoms with Crippen LogP contribution in [0.15, 0.2) is 54.6 Å². The Kier molecular flexibility index (Phi) is 4.70. The third-order valence-electron chi connectivity index (χ3n) is 2.85. The minimum Gasteiger partial charge on any atom is -0.319 e. The van der Waals surface area contributed by atoms with Crippen LogP contribution < -0.4 is 5.32 Å². The Balaban J connectivity index is 2.13. The molecule has 0 saturated heterocycles. The average molecular weight is 299 g/mol. The normalized spacial score (nSPS) is 11.2. The molecule has 1 unspecified atom stereocenters. The van der Waals surface area contributed by atoms with Crippen molar-refractivity contribution in [2.75, 3.05) is 5.32 Å². The van der Waals surface area contributed by atoms with Crippen molar-refractivity contribution in [3.63, 3.8) is 0 Å². The molecule has 21 heavy (non-hydrogen) atoms. The second kappa shape index (κ2) is 6.69. The number of nitrogens with zero attached hydrogens (tertiary/aromatic N) is 1. The van der Waals surface area contributed by atoms with Gasteiger partial charge in [-0.05, 0) is 29.8 Å². The fraction of sp³-hybridized carbons (Fsp3) is 0.0625. The van der Waals surface area contributed by atoms with Gasteiger partial charge in [-0.1, -0.05) is 41.9 Å². The van der Waals surface area contributed by atoms with Crippen LogP contribution in [-0.2, 0) is 9.59 Å². The van der Waals surface area contributed by atoms with Crippen molar-refractivity contribution in [1.82, 2.24) is 0 Å². The van der Waals surface area contributed by atoms with Crippen molar-refractivity contribution in [3.05, 3.63) is 65.2 Å². The zero-order chi connectivity index (χ0) is 15.2. The van der Waals surface area contributed by atoms with Crippen LogP contribution >= 0.6 is 11.6 Å². The molecule has 104 valence electrons. The molecule has 1 amide bonds. The number of rotatable bonds is 4. The first-order chi connectivity index (χ1) is 10.1. The first-order valence-electron chi connectivity index (χ1n) is 6.17. The molecular formula is C16H11ClN2O2. The van der Waals surface area contributed by atoms with Gasteiger partial charge in [0.25, 0.3) is 5.91 Å². The molecule has 1 atom stereocenters. The van der Waals surface area contributed by atoms with Crippen molar-refractivity contribution < 1.29 is 9.59 Å². The van der Waals surface area contributed by atoms with Crippen molar-refractivity contribution in [2.45, 2.75) is 5.92 Å². The number of amides is 1. The Bertz CT molecular complexity index is 690. The van der Waals surface area contributed by atoms with E-state index in [2.05, 4.69) is 5.32 Å². The van der Waals surface area contributed by atoms with Gasteiger partial charge in [-0.25, -0.2) is 0 Å². The highest BCUT2D eigenvalue weighted by Crippen LogP contribution is 2.18. The number of nitriles is 1. The summed E-state index contributed by atoms with van der Waals surface area (Å²) in [6, 6.07) is 16.7. The third-order valence-corrected chi connectivity index (χ3v) is 3.10. The number of halogens is 1. The Morgan fingerprint density at radius 3 is 2.24 bits per heavy atom. The van der Waals surface area contributed by atoms with E-state index >= 15 is 0 Å². The number of nitrogens with one attached hydrogen (secondary N) is 1. The fourth-order valence-electron chi connectivity index (χ4n) is 1.79. The number of benzene rings is 2. The summed E-state index contributed by atoms with van der Waals surface area (Å²) in [6.07, 6.45) is 0. The Morgan fingerprint density at radius 1 is 1.05 bits per heavy atom. The molecule has 2 aromatic carbocycles. The molecule has 0 saturated carbocycles. The maximum atomic E-state index is 12.1. The summed E-state index contributed by atoms with van der Waals surface area (Å²) >= 11 is 5.74. The molecule has 5 heteroatoms. The van der Waals surface area contributed by atoms with E-state index in [1.165, 1.54) is 0 Å². The summed E-state index contributed by atoms with van der Waals surface area (Å²) in [4.78, 5) is 24.0. The first kappa shape index (κ1) is 14.8. The van der Waals surface area contributed by atoms with Crippen LogP contribution in [0.25, 0.3) is 0 Å². The summed E-state index contributed by atoms with van der Waals surface area (Å²) < 4.78 is 0. The molecule has 2 rings (SSSR count). The van der Waals surface area contributed by atoms with Gasteiger partial charge in [-0.15, -0.1) is 0 Å². The lowest BCUT2D eigenvalue weighted by molar-refractivity contribution is -0.135. The molecule has 0 bridgehead atoms. The third kappa shape index (κ3) is 3.68. The topological polar surface area (TPSA) is 70.0 Å². The van der Waals surface area contributed by atoms with Gasteiger partial charge >= 0.3 is 0 Å². The van der Waals surface area contributed by atoms with Gasteiger partial charge in [0.2, 0.25) is 5.78 Å². The van der Waals surface area contributed by atoms with E-state index in [4.69, 9.17) is 16.9 Å². The predicted molar refractivity (Wildman–Crippen MR) is 79.9 cm³/mol. The number of Topliss-reactive ketones (excluding diaryl/α,β-unsaturated/α-hetero) is 1. The molecule has 0 aliphatic carbocycles. The highest BCUT2D eigenvalue weighted by atomic mass is 35.5. The molecule has 2 aromatic rings. The number of hydrogen-bond acceptors (Lipinski definition) is 3. The van der Waals surface area contributed by atoms with Crippen molar-refractivity contribution in [2.24, 2.45) is 0 Å². The molecule has 0 radical (unpaired) electrons. The highest BCUT2D eigenvalue weighted by molar-refractivity contribution is 6.43. The van der Waals surface area contributed by atoms with Gasteiger partial charge in [0.05, 0.1) is 6.07 Å². The zero-order valence-corrected chi connectivity index (χ0v) is 11.7. The zero-order valence-electron chi connectivity index (χ0n) is 10.9. The largest absolute Gasteiger partial charge is 0.319 e. The van der Waals surface area contributed by atoms with Gasteiger partial charge in [0.15, 0.2) is 0 Å². The number of anilines is 1. The van der Waals surface area contributed by atoms with Gasteiger partial charge in [0.1, 0.15) is 5.92 Å². The van der Waals surface area contributed by atoms with Crippen LogP contribution in [-0.4, -0.2) is 11.7 Å². The maximum Gasteiger partial charge on any atom is 0.293 e. The molecule has 0 heterocycles. The standard InChI is InChI=1S/C16H11ClN2O2/c17-12-6-8-13(9-7-12)19-16(21)15(20)14(10-18)11-4-2-1-3-5-11/h1-9,14H,(H,19,21). The molecule has 0 aliphatic heterocycles. The van der Waals surface area contributed by atoms with E-state index < -0.39 is 17.6 Å². The average Bonchev–Trinajstić information content (AvgIpc) is 2.51. The molecule has 0 fully saturated rings. The Labute approximate surface area is 127 Å². The van der Waals surface area contributed by atoms with Crippen molar-refractivity contribution in [1.29, 1.82) is 5.26 Å². The molecule has 0 spiro atoms. The number of carbonyl (C=O) groups excluding carboxylic acids is 2.